The highest BCUT2D eigenvalue weighted by Gasteiger charge is 2.45. The van der Waals surface area contributed by atoms with Crippen molar-refractivity contribution in [2.75, 3.05) is 6.54 Å². The topological polar surface area (TPSA) is 55.1 Å². The first kappa shape index (κ1) is 15.3. The van der Waals surface area contributed by atoms with Gasteiger partial charge < -0.3 is 11.1 Å². The van der Waals surface area contributed by atoms with Gasteiger partial charge >= 0.3 is 0 Å². The Morgan fingerprint density at radius 1 is 1.40 bits per heavy atom. The molecule has 2 aliphatic rings. The number of rotatable bonds is 5. The molecule has 3 nitrogen and oxygen atoms in total. The quantitative estimate of drug-likeness (QED) is 0.876. The van der Waals surface area contributed by atoms with E-state index in [0.717, 1.165) is 6.42 Å². The van der Waals surface area contributed by atoms with Crippen LogP contribution in [0.1, 0.15) is 36.3 Å². The summed E-state index contributed by atoms with van der Waals surface area (Å²) in [6, 6.07) is 8.58. The molecule has 0 saturated heterocycles. The van der Waals surface area contributed by atoms with E-state index in [1.54, 1.807) is 0 Å². The summed E-state index contributed by atoms with van der Waals surface area (Å²) in [5.74, 6) is 1.41. The highest BCUT2D eigenvalue weighted by Crippen LogP contribution is 2.48. The number of nitrogens with one attached hydrogen (secondary N) is 1. The summed E-state index contributed by atoms with van der Waals surface area (Å²) in [5.41, 5.74) is 8.36. The van der Waals surface area contributed by atoms with E-state index in [0.29, 0.717) is 18.4 Å². The third-order valence-electron chi connectivity index (χ3n) is 4.49. The summed E-state index contributed by atoms with van der Waals surface area (Å²) >= 11 is 0. The van der Waals surface area contributed by atoms with Crippen LogP contribution in [-0.4, -0.2) is 18.5 Å². The van der Waals surface area contributed by atoms with Crippen molar-refractivity contribution in [3.8, 4) is 0 Å². The average Bonchev–Trinajstić information content (AvgIpc) is 3.28. The Morgan fingerprint density at radius 3 is 2.70 bits per heavy atom. The second kappa shape index (κ2) is 6.15. The summed E-state index contributed by atoms with van der Waals surface area (Å²) in [5, 5.41) is 3.15. The molecule has 0 aromatic heterocycles. The molecule has 20 heavy (non-hydrogen) atoms. The summed E-state index contributed by atoms with van der Waals surface area (Å²) in [6.45, 7) is 2.69. The van der Waals surface area contributed by atoms with Crippen molar-refractivity contribution < 1.29 is 4.79 Å². The highest BCUT2D eigenvalue weighted by molar-refractivity contribution is 5.85. The molecule has 2 saturated carbocycles. The van der Waals surface area contributed by atoms with Crippen LogP contribution in [0.15, 0.2) is 24.3 Å². The molecule has 3 N–H and O–H groups in total. The minimum Gasteiger partial charge on any atom is -0.352 e. The first-order chi connectivity index (χ1) is 9.20. The first-order valence-electron chi connectivity index (χ1n) is 7.26. The molecule has 0 aliphatic heterocycles. The predicted octanol–water partition coefficient (Wildman–Crippen LogP) is 2.37. The van der Waals surface area contributed by atoms with Gasteiger partial charge in [0.1, 0.15) is 0 Å². The van der Waals surface area contributed by atoms with E-state index in [-0.39, 0.29) is 30.3 Å². The minimum absolute atomic E-state index is 0. The molecular formula is C16H23ClN2O. The fourth-order valence-corrected chi connectivity index (χ4v) is 2.99. The van der Waals surface area contributed by atoms with E-state index >= 15 is 0 Å². The van der Waals surface area contributed by atoms with Gasteiger partial charge in [-0.25, -0.2) is 0 Å². The Hall–Kier alpha value is -1.06. The zero-order valence-electron chi connectivity index (χ0n) is 11.8. The predicted molar refractivity (Wildman–Crippen MR) is 83.0 cm³/mol. The minimum atomic E-state index is 0. The number of aryl methyl sites for hydroxylation is 1. The lowest BCUT2D eigenvalue weighted by Crippen LogP contribution is -2.42. The van der Waals surface area contributed by atoms with Crippen LogP contribution in [0.2, 0.25) is 0 Å². The Kier molecular flexibility index (Phi) is 4.71. The van der Waals surface area contributed by atoms with Gasteiger partial charge in [-0.05, 0) is 49.1 Å². The number of nitrogens with two attached hydrogens (primary N) is 1. The molecule has 0 bridgehead atoms. The molecule has 1 aromatic rings. The second-order valence-corrected chi connectivity index (χ2v) is 5.99. The highest BCUT2D eigenvalue weighted by atomic mass is 35.5. The largest absolute Gasteiger partial charge is 0.352 e. The lowest BCUT2D eigenvalue weighted by molar-refractivity contribution is -0.123. The van der Waals surface area contributed by atoms with Crippen LogP contribution in [0.5, 0.6) is 0 Å². The number of hydrogen-bond acceptors (Lipinski definition) is 2. The van der Waals surface area contributed by atoms with Gasteiger partial charge in [0, 0.05) is 18.5 Å². The molecule has 3 unspecified atom stereocenters. The van der Waals surface area contributed by atoms with Gasteiger partial charge in [-0.15, -0.1) is 12.4 Å². The van der Waals surface area contributed by atoms with Gasteiger partial charge in [-0.1, -0.05) is 24.3 Å². The maximum Gasteiger partial charge on any atom is 0.224 e. The average molecular weight is 295 g/mol. The molecule has 3 atom stereocenters. The SMILES string of the molecule is Cc1ccccc1C1CC1C(=O)NC(CN)C1CC1.Cl. The fourth-order valence-electron chi connectivity index (χ4n) is 2.99. The number of hydrogen-bond donors (Lipinski definition) is 2. The number of amides is 1. The van der Waals surface area contributed by atoms with E-state index in [1.165, 1.54) is 24.0 Å². The molecule has 0 spiro atoms. The summed E-state index contributed by atoms with van der Waals surface area (Å²) in [7, 11) is 0. The monoisotopic (exact) mass is 294 g/mol. The van der Waals surface area contributed by atoms with Gasteiger partial charge in [0.25, 0.3) is 0 Å². The van der Waals surface area contributed by atoms with E-state index in [2.05, 4.69) is 30.4 Å². The van der Waals surface area contributed by atoms with Crippen LogP contribution in [0.4, 0.5) is 0 Å². The van der Waals surface area contributed by atoms with E-state index in [4.69, 9.17) is 5.73 Å². The van der Waals surface area contributed by atoms with Gasteiger partial charge in [0.15, 0.2) is 0 Å². The van der Waals surface area contributed by atoms with Crippen molar-refractivity contribution in [3.05, 3.63) is 35.4 Å². The molecule has 0 radical (unpaired) electrons. The molecule has 2 fully saturated rings. The normalized spacial score (nSPS) is 25.5. The van der Waals surface area contributed by atoms with Gasteiger partial charge in [-0.2, -0.15) is 0 Å². The van der Waals surface area contributed by atoms with E-state index in [1.807, 2.05) is 6.07 Å². The Bertz CT molecular complexity index is 487. The van der Waals surface area contributed by atoms with E-state index < -0.39 is 0 Å². The molecule has 4 heteroatoms. The standard InChI is InChI=1S/C16H22N2O.ClH/c1-10-4-2-3-5-12(10)13-8-14(13)16(19)18-15(9-17)11-6-7-11;/h2-5,11,13-15H,6-9,17H2,1H3,(H,18,19);1H. The molecule has 3 rings (SSSR count). The summed E-state index contributed by atoms with van der Waals surface area (Å²) < 4.78 is 0. The fraction of sp³-hybridized carbons (Fsp3) is 0.562. The third kappa shape index (κ3) is 3.15. The van der Waals surface area contributed by atoms with Crippen molar-refractivity contribution in [3.63, 3.8) is 0 Å². The maximum absolute atomic E-state index is 12.2. The second-order valence-electron chi connectivity index (χ2n) is 5.99. The number of benzene rings is 1. The Morgan fingerprint density at radius 2 is 2.10 bits per heavy atom. The van der Waals surface area contributed by atoms with Crippen molar-refractivity contribution >= 4 is 18.3 Å². The smallest absolute Gasteiger partial charge is 0.224 e. The molecule has 1 aromatic carbocycles. The molecular weight excluding hydrogens is 272 g/mol. The summed E-state index contributed by atoms with van der Waals surface area (Å²) in [4.78, 5) is 12.2. The van der Waals surface area contributed by atoms with Crippen LogP contribution >= 0.6 is 12.4 Å². The third-order valence-corrected chi connectivity index (χ3v) is 4.49. The van der Waals surface area contributed by atoms with Crippen molar-refractivity contribution in [2.24, 2.45) is 17.6 Å². The first-order valence-corrected chi connectivity index (χ1v) is 7.26. The lowest BCUT2D eigenvalue weighted by atomic mass is 10.0. The summed E-state index contributed by atoms with van der Waals surface area (Å²) in [6.07, 6.45) is 3.42. The van der Waals surface area contributed by atoms with Crippen LogP contribution in [0, 0.1) is 18.8 Å². The molecule has 2 aliphatic carbocycles. The van der Waals surface area contributed by atoms with Crippen LogP contribution in [-0.2, 0) is 4.79 Å². The van der Waals surface area contributed by atoms with Gasteiger partial charge in [-0.3, -0.25) is 4.79 Å². The molecule has 110 valence electrons. The zero-order valence-corrected chi connectivity index (χ0v) is 12.7. The van der Waals surface area contributed by atoms with Crippen LogP contribution in [0.25, 0.3) is 0 Å². The number of carbonyl (C=O) groups is 1. The Labute approximate surface area is 126 Å². The van der Waals surface area contributed by atoms with Crippen LogP contribution < -0.4 is 11.1 Å². The van der Waals surface area contributed by atoms with Crippen molar-refractivity contribution in [2.45, 2.75) is 38.1 Å². The number of carbonyl (C=O) groups excluding carboxylic acids is 1. The molecule has 0 heterocycles. The lowest BCUT2D eigenvalue weighted by Gasteiger charge is -2.16. The number of halogens is 1. The van der Waals surface area contributed by atoms with Gasteiger partial charge in [0.05, 0.1) is 0 Å². The maximum atomic E-state index is 12.2. The van der Waals surface area contributed by atoms with E-state index in [9.17, 15) is 4.79 Å². The zero-order chi connectivity index (χ0) is 13.4. The van der Waals surface area contributed by atoms with Gasteiger partial charge in [0.2, 0.25) is 5.91 Å². The van der Waals surface area contributed by atoms with Crippen molar-refractivity contribution in [1.82, 2.24) is 5.32 Å². The van der Waals surface area contributed by atoms with Crippen molar-refractivity contribution in [1.29, 1.82) is 0 Å². The van der Waals surface area contributed by atoms with Crippen LogP contribution in [0.3, 0.4) is 0 Å². The molecule has 1 amide bonds. The Balaban J connectivity index is 0.00000147.